The number of nitrogens with one attached hydrogen (secondary N) is 1. The molecule has 3 amide bonds. The Hall–Kier alpha value is -2.04. The molecule has 0 saturated carbocycles. The van der Waals surface area contributed by atoms with Gasteiger partial charge in [-0.1, -0.05) is 13.0 Å². The van der Waals surface area contributed by atoms with Gasteiger partial charge in [0.05, 0.1) is 6.04 Å². The van der Waals surface area contributed by atoms with Crippen LogP contribution in [0.25, 0.3) is 0 Å². The standard InChI is InChI=1S/C19H27N3O2/c1-13-5-4-8-21(11-13)19(24)20-16-10-18(23)22(12-16)17-7-6-14(2)15(3)9-17/h6-7,9,13,16H,4-5,8,10-12H2,1-3H3,(H,20,24)/t13-,16+/m1/s1. The number of urea groups is 1. The number of hydrogen-bond donors (Lipinski definition) is 1. The van der Waals surface area contributed by atoms with E-state index in [0.717, 1.165) is 25.2 Å². The molecule has 0 unspecified atom stereocenters. The Kier molecular flexibility index (Phi) is 4.78. The van der Waals surface area contributed by atoms with E-state index < -0.39 is 0 Å². The zero-order chi connectivity index (χ0) is 17.3. The van der Waals surface area contributed by atoms with Crippen LogP contribution >= 0.6 is 0 Å². The van der Waals surface area contributed by atoms with Gasteiger partial charge in [-0.25, -0.2) is 4.79 Å². The van der Waals surface area contributed by atoms with Crippen LogP contribution in [-0.2, 0) is 4.79 Å². The van der Waals surface area contributed by atoms with Crippen molar-refractivity contribution in [3.63, 3.8) is 0 Å². The smallest absolute Gasteiger partial charge is 0.317 e. The molecule has 24 heavy (non-hydrogen) atoms. The maximum atomic E-state index is 12.4. The molecule has 3 rings (SSSR count). The Balaban J connectivity index is 1.62. The number of benzene rings is 1. The van der Waals surface area contributed by atoms with E-state index in [1.165, 1.54) is 17.5 Å². The van der Waals surface area contributed by atoms with E-state index in [4.69, 9.17) is 0 Å². The molecule has 2 saturated heterocycles. The van der Waals surface area contributed by atoms with Crippen molar-refractivity contribution >= 4 is 17.6 Å². The fraction of sp³-hybridized carbons (Fsp3) is 0.579. The Morgan fingerprint density at radius 1 is 1.21 bits per heavy atom. The van der Waals surface area contributed by atoms with E-state index in [1.54, 1.807) is 4.90 Å². The van der Waals surface area contributed by atoms with Gasteiger partial charge in [-0.2, -0.15) is 0 Å². The minimum Gasteiger partial charge on any atom is -0.333 e. The molecule has 2 heterocycles. The Bertz CT molecular complexity index is 643. The molecule has 0 radical (unpaired) electrons. The molecule has 0 aliphatic carbocycles. The number of rotatable bonds is 2. The van der Waals surface area contributed by atoms with E-state index in [9.17, 15) is 9.59 Å². The first-order valence-electron chi connectivity index (χ1n) is 8.87. The lowest BCUT2D eigenvalue weighted by Crippen LogP contribution is -2.49. The predicted molar refractivity (Wildman–Crippen MR) is 95.2 cm³/mol. The topological polar surface area (TPSA) is 52.7 Å². The molecule has 1 N–H and O–H groups in total. The fourth-order valence-corrected chi connectivity index (χ4v) is 3.59. The quantitative estimate of drug-likeness (QED) is 0.907. The van der Waals surface area contributed by atoms with Crippen LogP contribution in [-0.4, -0.2) is 42.5 Å². The highest BCUT2D eigenvalue weighted by Gasteiger charge is 2.33. The summed E-state index contributed by atoms with van der Waals surface area (Å²) in [6, 6.07) is 5.93. The van der Waals surface area contributed by atoms with Gasteiger partial charge in [0.25, 0.3) is 0 Å². The van der Waals surface area contributed by atoms with Crippen LogP contribution in [0.5, 0.6) is 0 Å². The first kappa shape index (κ1) is 16.8. The minimum absolute atomic E-state index is 0.0266. The van der Waals surface area contributed by atoms with Crippen molar-refractivity contribution in [3.8, 4) is 0 Å². The molecule has 2 fully saturated rings. The second-order valence-corrected chi connectivity index (χ2v) is 7.32. The number of aryl methyl sites for hydroxylation is 2. The summed E-state index contributed by atoms with van der Waals surface area (Å²) >= 11 is 0. The number of hydrogen-bond acceptors (Lipinski definition) is 2. The highest BCUT2D eigenvalue weighted by Crippen LogP contribution is 2.24. The Labute approximate surface area is 144 Å². The van der Waals surface area contributed by atoms with Crippen molar-refractivity contribution in [1.82, 2.24) is 10.2 Å². The van der Waals surface area contributed by atoms with E-state index >= 15 is 0 Å². The van der Waals surface area contributed by atoms with Crippen molar-refractivity contribution in [3.05, 3.63) is 29.3 Å². The zero-order valence-electron chi connectivity index (χ0n) is 14.8. The van der Waals surface area contributed by atoms with Gasteiger partial charge in [-0.15, -0.1) is 0 Å². The van der Waals surface area contributed by atoms with Crippen molar-refractivity contribution in [2.75, 3.05) is 24.5 Å². The molecule has 130 valence electrons. The van der Waals surface area contributed by atoms with Gasteiger partial charge in [0.2, 0.25) is 5.91 Å². The summed E-state index contributed by atoms with van der Waals surface area (Å²) in [5.74, 6) is 0.636. The van der Waals surface area contributed by atoms with Gasteiger partial charge in [-0.05, 0) is 55.9 Å². The third-order valence-corrected chi connectivity index (χ3v) is 5.20. The van der Waals surface area contributed by atoms with E-state index in [1.807, 2.05) is 23.1 Å². The maximum Gasteiger partial charge on any atom is 0.317 e. The summed E-state index contributed by atoms with van der Waals surface area (Å²) in [5, 5.41) is 3.05. The number of carbonyl (C=O) groups excluding carboxylic acids is 2. The molecule has 1 aromatic rings. The Morgan fingerprint density at radius 2 is 2.00 bits per heavy atom. The summed E-state index contributed by atoms with van der Waals surface area (Å²) in [6.45, 7) is 8.48. The maximum absolute atomic E-state index is 12.4. The lowest BCUT2D eigenvalue weighted by molar-refractivity contribution is -0.117. The largest absolute Gasteiger partial charge is 0.333 e. The number of anilines is 1. The van der Waals surface area contributed by atoms with Crippen molar-refractivity contribution < 1.29 is 9.59 Å². The van der Waals surface area contributed by atoms with Crippen LogP contribution in [0.2, 0.25) is 0 Å². The van der Waals surface area contributed by atoms with Crippen LogP contribution in [0.4, 0.5) is 10.5 Å². The average Bonchev–Trinajstić information content (AvgIpc) is 2.90. The highest BCUT2D eigenvalue weighted by molar-refractivity contribution is 5.96. The molecule has 0 bridgehead atoms. The van der Waals surface area contributed by atoms with Gasteiger partial charge in [0.15, 0.2) is 0 Å². The third kappa shape index (κ3) is 3.55. The molecule has 5 heteroatoms. The molecule has 5 nitrogen and oxygen atoms in total. The minimum atomic E-state index is -0.108. The molecular weight excluding hydrogens is 302 g/mol. The summed E-state index contributed by atoms with van der Waals surface area (Å²) in [7, 11) is 0. The molecule has 1 aromatic carbocycles. The number of carbonyl (C=O) groups is 2. The van der Waals surface area contributed by atoms with Crippen LogP contribution in [0.1, 0.15) is 37.3 Å². The molecule has 2 aliphatic rings. The second kappa shape index (κ2) is 6.83. The van der Waals surface area contributed by atoms with Gasteiger partial charge < -0.3 is 15.1 Å². The molecule has 2 atom stereocenters. The summed E-state index contributed by atoms with van der Waals surface area (Å²) in [4.78, 5) is 28.5. The van der Waals surface area contributed by atoms with Crippen LogP contribution in [0.3, 0.4) is 0 Å². The van der Waals surface area contributed by atoms with Crippen LogP contribution in [0.15, 0.2) is 18.2 Å². The van der Waals surface area contributed by atoms with E-state index in [0.29, 0.717) is 18.9 Å². The molecular formula is C19H27N3O2. The fourth-order valence-electron chi connectivity index (χ4n) is 3.59. The third-order valence-electron chi connectivity index (χ3n) is 5.20. The zero-order valence-corrected chi connectivity index (χ0v) is 14.8. The van der Waals surface area contributed by atoms with Crippen molar-refractivity contribution in [2.45, 2.75) is 46.1 Å². The lowest BCUT2D eigenvalue weighted by atomic mass is 10.0. The first-order valence-corrected chi connectivity index (χ1v) is 8.87. The SMILES string of the molecule is Cc1ccc(N2C[C@@H](NC(=O)N3CCC[C@@H](C)C3)CC2=O)cc1C. The van der Waals surface area contributed by atoms with Crippen LogP contribution < -0.4 is 10.2 Å². The monoisotopic (exact) mass is 329 g/mol. The van der Waals surface area contributed by atoms with Gasteiger partial charge in [0, 0.05) is 31.7 Å². The normalized spacial score (nSPS) is 24.4. The van der Waals surface area contributed by atoms with E-state index in [-0.39, 0.29) is 18.0 Å². The lowest BCUT2D eigenvalue weighted by Gasteiger charge is -2.31. The number of likely N-dealkylation sites (tertiary alicyclic amines) is 1. The highest BCUT2D eigenvalue weighted by atomic mass is 16.2. The summed E-state index contributed by atoms with van der Waals surface area (Å²) in [5.41, 5.74) is 3.32. The predicted octanol–water partition coefficient (Wildman–Crippen LogP) is 2.85. The average molecular weight is 329 g/mol. The first-order chi connectivity index (χ1) is 11.4. The summed E-state index contributed by atoms with van der Waals surface area (Å²) < 4.78 is 0. The summed E-state index contributed by atoms with van der Waals surface area (Å²) in [6.07, 6.45) is 2.63. The van der Waals surface area contributed by atoms with Crippen molar-refractivity contribution in [1.29, 1.82) is 0 Å². The van der Waals surface area contributed by atoms with Crippen molar-refractivity contribution in [2.24, 2.45) is 5.92 Å². The van der Waals surface area contributed by atoms with Gasteiger partial charge >= 0.3 is 6.03 Å². The van der Waals surface area contributed by atoms with Gasteiger partial charge in [0.1, 0.15) is 0 Å². The second-order valence-electron chi connectivity index (χ2n) is 7.32. The van der Waals surface area contributed by atoms with Crippen LogP contribution in [0, 0.1) is 19.8 Å². The molecule has 0 aromatic heterocycles. The van der Waals surface area contributed by atoms with Gasteiger partial charge in [-0.3, -0.25) is 4.79 Å². The molecule has 2 aliphatic heterocycles. The van der Waals surface area contributed by atoms with E-state index in [2.05, 4.69) is 26.1 Å². The molecule has 0 spiro atoms. The number of nitrogens with zero attached hydrogens (tertiary/aromatic N) is 2. The number of piperidine rings is 1. The Morgan fingerprint density at radius 3 is 2.71 bits per heavy atom. The number of amides is 3.